The molecule has 1 aliphatic rings. The SMILES string of the molecule is Cc1ccc(C(=O)N2CCOc3ccc(S(C)(=O)=O)cc32)cc1F. The van der Waals surface area contributed by atoms with Crippen molar-refractivity contribution in [3.05, 3.63) is 53.3 Å². The van der Waals surface area contributed by atoms with Crippen molar-refractivity contribution in [1.82, 2.24) is 0 Å². The largest absolute Gasteiger partial charge is 0.490 e. The lowest BCUT2D eigenvalue weighted by Crippen LogP contribution is -2.38. The minimum absolute atomic E-state index is 0.0969. The third-order valence-electron chi connectivity index (χ3n) is 3.89. The number of hydrogen-bond acceptors (Lipinski definition) is 4. The minimum Gasteiger partial charge on any atom is -0.490 e. The zero-order valence-corrected chi connectivity index (χ0v) is 14.1. The first-order chi connectivity index (χ1) is 11.3. The Hall–Kier alpha value is -2.41. The van der Waals surface area contributed by atoms with Gasteiger partial charge in [0.15, 0.2) is 9.84 Å². The van der Waals surface area contributed by atoms with E-state index in [2.05, 4.69) is 0 Å². The summed E-state index contributed by atoms with van der Waals surface area (Å²) in [5.41, 5.74) is 1.03. The van der Waals surface area contributed by atoms with Gasteiger partial charge in [0.05, 0.1) is 17.1 Å². The van der Waals surface area contributed by atoms with Gasteiger partial charge >= 0.3 is 0 Å². The molecule has 0 aliphatic carbocycles. The molecule has 0 spiro atoms. The van der Waals surface area contributed by atoms with Crippen LogP contribution in [0.2, 0.25) is 0 Å². The van der Waals surface area contributed by atoms with E-state index >= 15 is 0 Å². The molecule has 7 heteroatoms. The van der Waals surface area contributed by atoms with Crippen LogP contribution in [0, 0.1) is 12.7 Å². The number of carbonyl (C=O) groups is 1. The standard InChI is InChI=1S/C17H16FNO4S/c1-11-3-4-12(9-14(11)18)17(20)19-7-8-23-16-6-5-13(10-15(16)19)24(2,21)22/h3-6,9-10H,7-8H2,1-2H3. The lowest BCUT2D eigenvalue weighted by atomic mass is 10.1. The van der Waals surface area contributed by atoms with E-state index < -0.39 is 21.6 Å². The average molecular weight is 349 g/mol. The summed E-state index contributed by atoms with van der Waals surface area (Å²) in [7, 11) is -3.42. The number of carbonyl (C=O) groups excluding carboxylic acids is 1. The third kappa shape index (κ3) is 2.99. The minimum atomic E-state index is -3.42. The van der Waals surface area contributed by atoms with E-state index in [1.807, 2.05) is 0 Å². The van der Waals surface area contributed by atoms with Gasteiger partial charge in [0.2, 0.25) is 0 Å². The Morgan fingerprint density at radius 1 is 1.21 bits per heavy atom. The smallest absolute Gasteiger partial charge is 0.258 e. The van der Waals surface area contributed by atoms with E-state index in [4.69, 9.17) is 4.74 Å². The number of halogens is 1. The maximum atomic E-state index is 13.7. The van der Waals surface area contributed by atoms with Crippen molar-refractivity contribution in [1.29, 1.82) is 0 Å². The van der Waals surface area contributed by atoms with Crippen LogP contribution >= 0.6 is 0 Å². The summed E-state index contributed by atoms with van der Waals surface area (Å²) in [5.74, 6) is -0.432. The number of aryl methyl sites for hydroxylation is 1. The Kier molecular flexibility index (Phi) is 4.04. The molecule has 24 heavy (non-hydrogen) atoms. The van der Waals surface area contributed by atoms with E-state index in [0.717, 1.165) is 6.26 Å². The molecule has 3 rings (SSSR count). The van der Waals surface area contributed by atoms with Gasteiger partial charge in [-0.25, -0.2) is 12.8 Å². The van der Waals surface area contributed by atoms with Gasteiger partial charge in [-0.05, 0) is 42.8 Å². The van der Waals surface area contributed by atoms with Crippen LogP contribution in [0.1, 0.15) is 15.9 Å². The van der Waals surface area contributed by atoms with Gasteiger partial charge in [0, 0.05) is 11.8 Å². The summed E-state index contributed by atoms with van der Waals surface area (Å²) < 4.78 is 42.7. The number of sulfone groups is 1. The molecule has 1 aliphatic heterocycles. The molecule has 0 saturated carbocycles. The first kappa shape index (κ1) is 16.4. The van der Waals surface area contributed by atoms with Crippen molar-refractivity contribution in [2.75, 3.05) is 24.3 Å². The summed E-state index contributed by atoms with van der Waals surface area (Å²) in [6, 6.07) is 8.65. The van der Waals surface area contributed by atoms with Crippen LogP contribution in [0.3, 0.4) is 0 Å². The fraction of sp³-hybridized carbons (Fsp3) is 0.235. The molecule has 0 atom stereocenters. The number of fused-ring (bicyclic) bond motifs is 1. The van der Waals surface area contributed by atoms with Crippen LogP contribution < -0.4 is 9.64 Å². The number of hydrogen-bond donors (Lipinski definition) is 0. The highest BCUT2D eigenvalue weighted by atomic mass is 32.2. The third-order valence-corrected chi connectivity index (χ3v) is 5.00. The number of amides is 1. The molecule has 0 bridgehead atoms. The van der Waals surface area contributed by atoms with Gasteiger partial charge in [-0.15, -0.1) is 0 Å². The van der Waals surface area contributed by atoms with E-state index in [-0.39, 0.29) is 23.6 Å². The van der Waals surface area contributed by atoms with Crippen LogP contribution in [0.25, 0.3) is 0 Å². The second-order valence-electron chi connectivity index (χ2n) is 5.67. The van der Waals surface area contributed by atoms with Gasteiger partial charge in [-0.2, -0.15) is 0 Å². The van der Waals surface area contributed by atoms with E-state index in [0.29, 0.717) is 17.0 Å². The van der Waals surface area contributed by atoms with Crippen LogP contribution in [0.15, 0.2) is 41.3 Å². The summed E-state index contributed by atoms with van der Waals surface area (Å²) in [5, 5.41) is 0. The van der Waals surface area contributed by atoms with Gasteiger partial charge in [0.25, 0.3) is 5.91 Å². The number of anilines is 1. The monoisotopic (exact) mass is 349 g/mol. The van der Waals surface area contributed by atoms with Crippen LogP contribution in [-0.4, -0.2) is 33.7 Å². The van der Waals surface area contributed by atoms with Crippen LogP contribution in [-0.2, 0) is 9.84 Å². The molecule has 126 valence electrons. The Labute approximate surface area is 139 Å². The molecule has 2 aromatic rings. The quantitative estimate of drug-likeness (QED) is 0.836. The van der Waals surface area contributed by atoms with Crippen LogP contribution in [0.4, 0.5) is 10.1 Å². The fourth-order valence-corrected chi connectivity index (χ4v) is 3.16. The molecule has 0 fully saturated rings. The molecule has 0 unspecified atom stereocenters. The Balaban J connectivity index is 2.05. The van der Waals surface area contributed by atoms with Gasteiger partial charge in [-0.1, -0.05) is 6.07 Å². The molecule has 1 heterocycles. The highest BCUT2D eigenvalue weighted by Crippen LogP contribution is 2.34. The maximum Gasteiger partial charge on any atom is 0.258 e. The van der Waals surface area contributed by atoms with Crippen molar-refractivity contribution in [3.8, 4) is 5.75 Å². The molecule has 0 N–H and O–H groups in total. The van der Waals surface area contributed by atoms with Gasteiger partial charge in [-0.3, -0.25) is 4.79 Å². The van der Waals surface area contributed by atoms with Crippen LogP contribution in [0.5, 0.6) is 5.75 Å². The van der Waals surface area contributed by atoms with Crippen molar-refractivity contribution in [3.63, 3.8) is 0 Å². The number of rotatable bonds is 2. The molecule has 5 nitrogen and oxygen atoms in total. The van der Waals surface area contributed by atoms with Gasteiger partial charge in [0.1, 0.15) is 18.2 Å². The zero-order chi connectivity index (χ0) is 17.5. The van der Waals surface area contributed by atoms with E-state index in [9.17, 15) is 17.6 Å². The lowest BCUT2D eigenvalue weighted by Gasteiger charge is -2.30. The van der Waals surface area contributed by atoms with Crippen molar-refractivity contribution >= 4 is 21.4 Å². The maximum absolute atomic E-state index is 13.7. The molecular weight excluding hydrogens is 333 g/mol. The first-order valence-corrected chi connectivity index (χ1v) is 9.21. The molecular formula is C17H16FNO4S. The Morgan fingerprint density at radius 3 is 2.62 bits per heavy atom. The average Bonchev–Trinajstić information content (AvgIpc) is 2.55. The van der Waals surface area contributed by atoms with Crippen molar-refractivity contribution in [2.45, 2.75) is 11.8 Å². The molecule has 0 aromatic heterocycles. The highest BCUT2D eigenvalue weighted by molar-refractivity contribution is 7.90. The summed E-state index contributed by atoms with van der Waals surface area (Å²) in [4.78, 5) is 14.3. The molecule has 2 aromatic carbocycles. The summed E-state index contributed by atoms with van der Waals surface area (Å²) in [6.45, 7) is 2.16. The normalized spacial score (nSPS) is 14.0. The Bertz CT molecular complexity index is 924. The fourth-order valence-electron chi connectivity index (χ4n) is 2.52. The highest BCUT2D eigenvalue weighted by Gasteiger charge is 2.26. The number of nitrogens with zero attached hydrogens (tertiary/aromatic N) is 1. The van der Waals surface area contributed by atoms with Gasteiger partial charge < -0.3 is 9.64 Å². The topological polar surface area (TPSA) is 63.7 Å². The summed E-state index contributed by atoms with van der Waals surface area (Å²) >= 11 is 0. The molecule has 0 saturated heterocycles. The molecule has 0 radical (unpaired) electrons. The second-order valence-corrected chi connectivity index (χ2v) is 7.69. The van der Waals surface area contributed by atoms with E-state index in [1.165, 1.54) is 35.2 Å². The summed E-state index contributed by atoms with van der Waals surface area (Å²) in [6.07, 6.45) is 1.10. The predicted molar refractivity (Wildman–Crippen MR) is 87.9 cm³/mol. The van der Waals surface area contributed by atoms with Crippen molar-refractivity contribution < 1.29 is 22.3 Å². The Morgan fingerprint density at radius 2 is 1.96 bits per heavy atom. The van der Waals surface area contributed by atoms with Crippen molar-refractivity contribution in [2.24, 2.45) is 0 Å². The number of benzene rings is 2. The zero-order valence-electron chi connectivity index (χ0n) is 13.2. The second kappa shape index (κ2) is 5.90. The van der Waals surface area contributed by atoms with E-state index in [1.54, 1.807) is 13.0 Å². The first-order valence-electron chi connectivity index (χ1n) is 7.32. The lowest BCUT2D eigenvalue weighted by molar-refractivity contribution is 0.0976. The predicted octanol–water partition coefficient (Wildman–Crippen LogP) is 2.58. The number of ether oxygens (including phenoxy) is 1. The molecule has 1 amide bonds.